The molecule has 1 fully saturated rings. The van der Waals surface area contributed by atoms with Crippen LogP contribution in [0.3, 0.4) is 0 Å². The second kappa shape index (κ2) is 8.11. The number of carboxylic acid groups (broad SMARTS) is 1. The summed E-state index contributed by atoms with van der Waals surface area (Å²) in [6, 6.07) is 10.6. The monoisotopic (exact) mass is 482 g/mol. The van der Waals surface area contributed by atoms with Gasteiger partial charge < -0.3 is 10.4 Å². The number of carbonyl (C=O) groups is 4. The molecule has 158 valence electrons. The van der Waals surface area contributed by atoms with E-state index < -0.39 is 11.9 Å². The number of anilines is 2. The zero-order valence-corrected chi connectivity index (χ0v) is 18.2. The van der Waals surface area contributed by atoms with E-state index in [0.29, 0.717) is 28.7 Å². The van der Waals surface area contributed by atoms with E-state index in [1.165, 1.54) is 29.2 Å². The van der Waals surface area contributed by atoms with E-state index in [-0.39, 0.29) is 34.8 Å². The van der Waals surface area contributed by atoms with E-state index in [9.17, 15) is 19.2 Å². The molecule has 0 unspecified atom stereocenters. The molecule has 0 spiro atoms. The second-order valence-corrected chi connectivity index (χ2v) is 8.57. The Morgan fingerprint density at radius 2 is 1.81 bits per heavy atom. The average Bonchev–Trinajstić information content (AvgIpc) is 2.99. The lowest BCUT2D eigenvalue weighted by Crippen LogP contribution is -2.31. The van der Waals surface area contributed by atoms with E-state index in [1.54, 1.807) is 18.2 Å². The highest BCUT2D eigenvalue weighted by atomic mass is 79.9. The van der Waals surface area contributed by atoms with E-state index >= 15 is 0 Å². The van der Waals surface area contributed by atoms with Crippen molar-refractivity contribution in [3.05, 3.63) is 69.7 Å². The van der Waals surface area contributed by atoms with Gasteiger partial charge in [-0.1, -0.05) is 17.7 Å². The van der Waals surface area contributed by atoms with Gasteiger partial charge in [-0.05, 0) is 72.1 Å². The van der Waals surface area contributed by atoms with Crippen LogP contribution in [0.5, 0.6) is 0 Å². The number of benzene rings is 2. The number of nitrogens with zero attached hydrogens (tertiary/aromatic N) is 1. The smallest absolute Gasteiger partial charge is 0.335 e. The van der Waals surface area contributed by atoms with Crippen molar-refractivity contribution in [3.8, 4) is 0 Å². The van der Waals surface area contributed by atoms with Gasteiger partial charge in [-0.25, -0.2) is 4.79 Å². The minimum Gasteiger partial charge on any atom is -0.478 e. The first-order chi connectivity index (χ1) is 14.8. The first-order valence-corrected chi connectivity index (χ1v) is 10.5. The summed E-state index contributed by atoms with van der Waals surface area (Å²) in [5.41, 5.74) is 2.04. The molecule has 1 saturated heterocycles. The summed E-state index contributed by atoms with van der Waals surface area (Å²) >= 11 is 3.29. The number of fused-ring (bicyclic) bond motifs is 1. The average molecular weight is 483 g/mol. The Labute approximate surface area is 186 Å². The van der Waals surface area contributed by atoms with Gasteiger partial charge in [-0.15, -0.1) is 0 Å². The third-order valence-electron chi connectivity index (χ3n) is 5.65. The van der Waals surface area contributed by atoms with Crippen LogP contribution in [0.1, 0.15) is 40.5 Å². The van der Waals surface area contributed by atoms with Crippen molar-refractivity contribution in [1.82, 2.24) is 0 Å². The summed E-state index contributed by atoms with van der Waals surface area (Å²) in [4.78, 5) is 51.0. The Morgan fingerprint density at radius 3 is 2.55 bits per heavy atom. The fourth-order valence-electron chi connectivity index (χ4n) is 4.03. The maximum atomic E-state index is 12.9. The quantitative estimate of drug-likeness (QED) is 0.500. The molecule has 0 bridgehead atoms. The molecule has 7 nitrogen and oxygen atoms in total. The van der Waals surface area contributed by atoms with Gasteiger partial charge in [0.15, 0.2) is 0 Å². The molecule has 0 radical (unpaired) electrons. The molecule has 2 aromatic carbocycles. The van der Waals surface area contributed by atoms with Crippen LogP contribution in [-0.2, 0) is 9.59 Å². The van der Waals surface area contributed by atoms with Crippen molar-refractivity contribution in [2.75, 3.05) is 10.2 Å². The van der Waals surface area contributed by atoms with Crippen molar-refractivity contribution in [2.45, 2.75) is 19.8 Å². The number of aromatic carboxylic acids is 1. The van der Waals surface area contributed by atoms with Crippen molar-refractivity contribution < 1.29 is 24.3 Å². The largest absolute Gasteiger partial charge is 0.478 e. The summed E-state index contributed by atoms with van der Waals surface area (Å²) in [6.45, 7) is 1.96. The topological polar surface area (TPSA) is 104 Å². The Kier molecular flexibility index (Phi) is 5.49. The van der Waals surface area contributed by atoms with Crippen LogP contribution in [-0.4, -0.2) is 28.8 Å². The normalized spacial score (nSPS) is 20.3. The van der Waals surface area contributed by atoms with Crippen molar-refractivity contribution >= 4 is 51.0 Å². The van der Waals surface area contributed by atoms with E-state index in [1.807, 2.05) is 13.0 Å². The van der Waals surface area contributed by atoms with Gasteiger partial charge in [0.25, 0.3) is 5.91 Å². The second-order valence-electron chi connectivity index (χ2n) is 7.72. The number of carboxylic acids is 1. The number of rotatable bonds is 4. The summed E-state index contributed by atoms with van der Waals surface area (Å²) in [5, 5.41) is 11.8. The molecule has 31 heavy (non-hydrogen) atoms. The molecule has 4 rings (SSSR count). The van der Waals surface area contributed by atoms with Crippen LogP contribution >= 0.6 is 15.9 Å². The molecule has 1 aliphatic heterocycles. The molecular formula is C23H19BrN2O5. The van der Waals surface area contributed by atoms with Gasteiger partial charge in [-0.2, -0.15) is 0 Å². The Balaban J connectivity index is 1.59. The lowest BCUT2D eigenvalue weighted by molar-refractivity contribution is -0.122. The van der Waals surface area contributed by atoms with Crippen LogP contribution in [0.15, 0.2) is 58.6 Å². The molecule has 3 amide bonds. The van der Waals surface area contributed by atoms with Gasteiger partial charge in [0, 0.05) is 10.0 Å². The van der Waals surface area contributed by atoms with E-state index in [4.69, 9.17) is 5.11 Å². The number of allylic oxidation sites excluding steroid dienone is 2. The highest BCUT2D eigenvalue weighted by molar-refractivity contribution is 9.10. The number of hydrogen-bond acceptors (Lipinski definition) is 4. The Bertz CT molecular complexity index is 1160. The maximum absolute atomic E-state index is 12.9. The number of carbonyl (C=O) groups excluding carboxylic acids is 3. The van der Waals surface area contributed by atoms with Crippen molar-refractivity contribution in [3.63, 3.8) is 0 Å². The van der Waals surface area contributed by atoms with Crippen LogP contribution in [0.2, 0.25) is 0 Å². The van der Waals surface area contributed by atoms with E-state index in [0.717, 1.165) is 5.57 Å². The van der Waals surface area contributed by atoms with Crippen LogP contribution in [0, 0.1) is 11.8 Å². The van der Waals surface area contributed by atoms with E-state index in [2.05, 4.69) is 21.2 Å². The first kappa shape index (κ1) is 21.0. The Morgan fingerprint density at radius 1 is 1.06 bits per heavy atom. The summed E-state index contributed by atoms with van der Waals surface area (Å²) in [5.74, 6) is -2.79. The summed E-state index contributed by atoms with van der Waals surface area (Å²) in [6.07, 6.45) is 3.12. The lowest BCUT2D eigenvalue weighted by atomic mass is 9.82. The molecule has 0 aromatic heterocycles. The highest BCUT2D eigenvalue weighted by Gasteiger charge is 2.48. The summed E-state index contributed by atoms with van der Waals surface area (Å²) in [7, 11) is 0. The minimum atomic E-state index is -1.11. The molecule has 2 aliphatic rings. The number of amides is 3. The molecule has 0 saturated carbocycles. The lowest BCUT2D eigenvalue weighted by Gasteiger charge is -2.18. The zero-order valence-electron chi connectivity index (χ0n) is 16.6. The Hall–Kier alpha value is -3.26. The molecule has 2 aromatic rings. The van der Waals surface area contributed by atoms with Gasteiger partial charge in [-0.3, -0.25) is 19.3 Å². The van der Waals surface area contributed by atoms with Gasteiger partial charge in [0.2, 0.25) is 11.8 Å². The molecule has 2 N–H and O–H groups in total. The predicted molar refractivity (Wildman–Crippen MR) is 118 cm³/mol. The molecular weight excluding hydrogens is 464 g/mol. The van der Waals surface area contributed by atoms with Crippen molar-refractivity contribution in [1.29, 1.82) is 0 Å². The third-order valence-corrected chi connectivity index (χ3v) is 6.34. The number of imide groups is 1. The maximum Gasteiger partial charge on any atom is 0.335 e. The summed E-state index contributed by atoms with van der Waals surface area (Å²) < 4.78 is 0.527. The van der Waals surface area contributed by atoms with Crippen LogP contribution < -0.4 is 10.2 Å². The zero-order chi connectivity index (χ0) is 22.3. The minimum absolute atomic E-state index is 0.0343. The number of nitrogens with one attached hydrogen (secondary N) is 1. The van der Waals surface area contributed by atoms with Gasteiger partial charge >= 0.3 is 5.97 Å². The third kappa shape index (κ3) is 3.90. The number of halogens is 1. The molecule has 1 heterocycles. The SMILES string of the molecule is CC1=CC[C@@H]2C(=O)N(c3cccc(C(=O)Nc4cc(C(=O)O)ccc4Br)c3)C(=O)[C@H]2C1. The van der Waals surface area contributed by atoms with Crippen LogP contribution in [0.4, 0.5) is 11.4 Å². The standard InChI is InChI=1S/C23H19BrN2O5/c1-12-5-7-16-17(9-12)22(29)26(21(16)28)15-4-2-3-13(10-15)20(27)25-19-11-14(23(30)31)6-8-18(19)24/h2-6,8,10-11,16-17H,7,9H2,1H3,(H,25,27)(H,30,31)/t16-,17-/m0/s1. The number of hydrogen-bond donors (Lipinski definition) is 2. The first-order valence-electron chi connectivity index (χ1n) is 9.74. The van der Waals surface area contributed by atoms with Crippen LogP contribution in [0.25, 0.3) is 0 Å². The van der Waals surface area contributed by atoms with Gasteiger partial charge in [0.1, 0.15) is 0 Å². The fraction of sp³-hybridized carbons (Fsp3) is 0.217. The fourth-order valence-corrected chi connectivity index (χ4v) is 4.37. The predicted octanol–water partition coefficient (Wildman–Crippen LogP) is 4.25. The van der Waals surface area contributed by atoms with Crippen molar-refractivity contribution in [2.24, 2.45) is 11.8 Å². The molecule has 8 heteroatoms. The highest BCUT2D eigenvalue weighted by Crippen LogP contribution is 2.39. The molecule has 1 aliphatic carbocycles. The molecule has 2 atom stereocenters. The van der Waals surface area contributed by atoms with Gasteiger partial charge in [0.05, 0.1) is 28.8 Å².